The molecule has 0 spiro atoms. The number of phenols is 1. The number of aromatic hydroxyl groups is 1. The molecule has 0 fully saturated rings. The third kappa shape index (κ3) is 1.82. The van der Waals surface area contributed by atoms with Crippen molar-refractivity contribution in [2.24, 2.45) is 5.92 Å². The fourth-order valence-electron chi connectivity index (χ4n) is 1.99. The van der Waals surface area contributed by atoms with Crippen molar-refractivity contribution in [1.82, 2.24) is 5.32 Å². The van der Waals surface area contributed by atoms with E-state index in [1.165, 1.54) is 5.56 Å². The van der Waals surface area contributed by atoms with Crippen LogP contribution in [0.15, 0.2) is 18.2 Å². The van der Waals surface area contributed by atoms with E-state index in [1.54, 1.807) is 6.07 Å². The minimum Gasteiger partial charge on any atom is -0.508 e. The number of nitrogens with one attached hydrogen (secondary N) is 2. The molecule has 1 aliphatic heterocycles. The van der Waals surface area contributed by atoms with Crippen molar-refractivity contribution < 1.29 is 5.11 Å². The lowest BCUT2D eigenvalue weighted by atomic mass is 9.94. The fourth-order valence-corrected chi connectivity index (χ4v) is 1.99. The van der Waals surface area contributed by atoms with Gasteiger partial charge < -0.3 is 15.7 Å². The Bertz CT molecular complexity index is 325. The van der Waals surface area contributed by atoms with Gasteiger partial charge in [0.05, 0.1) is 0 Å². The van der Waals surface area contributed by atoms with Gasteiger partial charge in [-0.3, -0.25) is 0 Å². The highest BCUT2D eigenvalue weighted by Crippen LogP contribution is 2.27. The summed E-state index contributed by atoms with van der Waals surface area (Å²) in [4.78, 5) is 0. The largest absolute Gasteiger partial charge is 0.508 e. The maximum absolute atomic E-state index is 9.36. The number of hydrogen-bond acceptors (Lipinski definition) is 3. The lowest BCUT2D eigenvalue weighted by Gasteiger charge is -2.26. The average Bonchev–Trinajstić information content (AvgIpc) is 2.17. The molecular formula is C11H16N2O. The first-order chi connectivity index (χ1) is 6.79. The highest BCUT2D eigenvalue weighted by molar-refractivity contribution is 5.55. The molecular weight excluding hydrogens is 176 g/mol. The molecule has 3 N–H and O–H groups in total. The molecule has 0 aromatic heterocycles. The van der Waals surface area contributed by atoms with Crippen LogP contribution in [0, 0.1) is 5.92 Å². The van der Waals surface area contributed by atoms with E-state index in [2.05, 4.69) is 10.6 Å². The number of phenolic OH excluding ortho intramolecular Hbond substituents is 1. The monoisotopic (exact) mass is 192 g/mol. The molecule has 0 aliphatic carbocycles. The quantitative estimate of drug-likeness (QED) is 0.617. The van der Waals surface area contributed by atoms with Gasteiger partial charge in [-0.05, 0) is 49.7 Å². The Labute approximate surface area is 84.1 Å². The van der Waals surface area contributed by atoms with Gasteiger partial charge in [0.2, 0.25) is 0 Å². The molecule has 1 unspecified atom stereocenters. The molecule has 0 saturated carbocycles. The molecule has 1 heterocycles. The van der Waals surface area contributed by atoms with Crippen LogP contribution >= 0.6 is 0 Å². The summed E-state index contributed by atoms with van der Waals surface area (Å²) < 4.78 is 0. The molecule has 1 aliphatic rings. The van der Waals surface area contributed by atoms with E-state index in [0.717, 1.165) is 25.2 Å². The van der Waals surface area contributed by atoms with Crippen LogP contribution in [-0.2, 0) is 6.42 Å². The summed E-state index contributed by atoms with van der Waals surface area (Å²) in [6.45, 7) is 2.03. The van der Waals surface area contributed by atoms with Gasteiger partial charge in [0, 0.05) is 12.2 Å². The topological polar surface area (TPSA) is 44.3 Å². The van der Waals surface area contributed by atoms with Gasteiger partial charge >= 0.3 is 0 Å². The van der Waals surface area contributed by atoms with Crippen molar-refractivity contribution >= 4 is 5.69 Å². The van der Waals surface area contributed by atoms with Crippen LogP contribution in [0.4, 0.5) is 5.69 Å². The minimum atomic E-state index is 0.357. The molecule has 1 aromatic rings. The van der Waals surface area contributed by atoms with Crippen molar-refractivity contribution in [3.05, 3.63) is 23.8 Å². The van der Waals surface area contributed by atoms with E-state index in [9.17, 15) is 5.11 Å². The predicted octanol–water partition coefficient (Wildman–Crippen LogP) is 1.20. The van der Waals surface area contributed by atoms with Gasteiger partial charge in [-0.15, -0.1) is 0 Å². The zero-order valence-corrected chi connectivity index (χ0v) is 8.38. The summed E-state index contributed by atoms with van der Waals surface area (Å²) in [5, 5.41) is 15.9. The molecule has 0 bridgehead atoms. The first-order valence-electron chi connectivity index (χ1n) is 5.00. The standard InChI is InChI=1S/C11H16N2O/c1-12-6-8-4-9-5-10(14)2-3-11(9)13-7-8/h2-3,5,8,12-14H,4,6-7H2,1H3. The maximum atomic E-state index is 9.36. The van der Waals surface area contributed by atoms with Gasteiger partial charge in [0.1, 0.15) is 5.75 Å². The second kappa shape index (κ2) is 3.88. The Hall–Kier alpha value is -1.22. The van der Waals surface area contributed by atoms with Crippen molar-refractivity contribution in [2.75, 3.05) is 25.5 Å². The first kappa shape index (κ1) is 9.34. The van der Waals surface area contributed by atoms with Crippen LogP contribution in [0.3, 0.4) is 0 Å². The normalized spacial score (nSPS) is 19.9. The molecule has 1 atom stereocenters. The lowest BCUT2D eigenvalue weighted by Crippen LogP contribution is -2.30. The molecule has 2 rings (SSSR count). The number of anilines is 1. The minimum absolute atomic E-state index is 0.357. The van der Waals surface area contributed by atoms with Crippen LogP contribution in [-0.4, -0.2) is 25.2 Å². The molecule has 3 heteroatoms. The van der Waals surface area contributed by atoms with Crippen molar-refractivity contribution in [1.29, 1.82) is 0 Å². The number of fused-ring (bicyclic) bond motifs is 1. The first-order valence-corrected chi connectivity index (χ1v) is 5.00. The SMILES string of the molecule is CNCC1CNc2ccc(O)cc2C1. The van der Waals surface area contributed by atoms with E-state index < -0.39 is 0 Å². The number of hydrogen-bond donors (Lipinski definition) is 3. The molecule has 3 nitrogen and oxygen atoms in total. The molecule has 0 saturated heterocycles. The van der Waals surface area contributed by atoms with Crippen LogP contribution < -0.4 is 10.6 Å². The van der Waals surface area contributed by atoms with Crippen molar-refractivity contribution in [2.45, 2.75) is 6.42 Å². The number of benzene rings is 1. The lowest BCUT2D eigenvalue weighted by molar-refractivity contribution is 0.470. The highest BCUT2D eigenvalue weighted by Gasteiger charge is 2.17. The summed E-state index contributed by atoms with van der Waals surface area (Å²) >= 11 is 0. The van der Waals surface area contributed by atoms with Crippen LogP contribution in [0.5, 0.6) is 5.75 Å². The van der Waals surface area contributed by atoms with Crippen molar-refractivity contribution in [3.63, 3.8) is 0 Å². The molecule has 76 valence electrons. The van der Waals surface area contributed by atoms with Gasteiger partial charge in [-0.2, -0.15) is 0 Å². The Morgan fingerprint density at radius 2 is 2.43 bits per heavy atom. The zero-order valence-electron chi connectivity index (χ0n) is 8.38. The zero-order chi connectivity index (χ0) is 9.97. The summed E-state index contributed by atoms with van der Waals surface area (Å²) in [5.41, 5.74) is 2.38. The van der Waals surface area contributed by atoms with E-state index >= 15 is 0 Å². The summed E-state index contributed by atoms with van der Waals surface area (Å²) in [6.07, 6.45) is 1.04. The highest BCUT2D eigenvalue weighted by atomic mass is 16.3. The third-order valence-electron chi connectivity index (χ3n) is 2.67. The average molecular weight is 192 g/mol. The fraction of sp³-hybridized carbons (Fsp3) is 0.455. The summed E-state index contributed by atoms with van der Waals surface area (Å²) in [5.74, 6) is 0.977. The second-order valence-electron chi connectivity index (χ2n) is 3.85. The van der Waals surface area contributed by atoms with Gasteiger partial charge in [-0.1, -0.05) is 0 Å². The predicted molar refractivity (Wildman–Crippen MR) is 57.7 cm³/mol. The molecule has 0 amide bonds. The third-order valence-corrected chi connectivity index (χ3v) is 2.67. The Balaban J connectivity index is 2.16. The van der Waals surface area contributed by atoms with Crippen molar-refractivity contribution in [3.8, 4) is 5.75 Å². The van der Waals surface area contributed by atoms with E-state index in [0.29, 0.717) is 11.7 Å². The van der Waals surface area contributed by atoms with Gasteiger partial charge in [0.15, 0.2) is 0 Å². The summed E-state index contributed by atoms with van der Waals surface area (Å²) in [6, 6.07) is 5.52. The maximum Gasteiger partial charge on any atom is 0.116 e. The van der Waals surface area contributed by atoms with Crippen LogP contribution in [0.2, 0.25) is 0 Å². The van der Waals surface area contributed by atoms with E-state index in [4.69, 9.17) is 0 Å². The smallest absolute Gasteiger partial charge is 0.116 e. The Kier molecular flexibility index (Phi) is 2.59. The van der Waals surface area contributed by atoms with Gasteiger partial charge in [0.25, 0.3) is 0 Å². The van der Waals surface area contributed by atoms with Crippen LogP contribution in [0.1, 0.15) is 5.56 Å². The second-order valence-corrected chi connectivity index (χ2v) is 3.85. The molecule has 0 radical (unpaired) electrons. The van der Waals surface area contributed by atoms with Gasteiger partial charge in [-0.25, -0.2) is 0 Å². The molecule has 1 aromatic carbocycles. The van der Waals surface area contributed by atoms with E-state index in [1.807, 2.05) is 19.2 Å². The summed E-state index contributed by atoms with van der Waals surface area (Å²) in [7, 11) is 1.97. The Morgan fingerprint density at radius 1 is 1.57 bits per heavy atom. The Morgan fingerprint density at radius 3 is 3.21 bits per heavy atom. The number of rotatable bonds is 2. The van der Waals surface area contributed by atoms with E-state index in [-0.39, 0.29) is 0 Å². The molecule has 14 heavy (non-hydrogen) atoms. The van der Waals surface area contributed by atoms with Crippen LogP contribution in [0.25, 0.3) is 0 Å².